The molecule has 0 bridgehead atoms. The first-order chi connectivity index (χ1) is 20.6. The fourth-order valence-corrected chi connectivity index (χ4v) is 4.85. The molecule has 0 unspecified atom stereocenters. The van der Waals surface area contributed by atoms with Crippen molar-refractivity contribution in [1.82, 2.24) is 44.6 Å². The summed E-state index contributed by atoms with van der Waals surface area (Å²) in [5.41, 5.74) is 0.313. The number of piperazine rings is 1. The van der Waals surface area contributed by atoms with Crippen molar-refractivity contribution >= 4 is 52.4 Å². The number of carbonyl (C=O) groups excluding carboxylic acids is 3. The van der Waals surface area contributed by atoms with Crippen molar-refractivity contribution in [1.29, 1.82) is 0 Å². The molecule has 0 atom stereocenters. The molecule has 1 saturated heterocycles. The molecule has 3 amide bonds. The number of hydrogen-bond donors (Lipinski definition) is 5. The number of anilines is 3. The van der Waals surface area contributed by atoms with Crippen LogP contribution in [0.25, 0.3) is 5.78 Å². The van der Waals surface area contributed by atoms with Gasteiger partial charge in [-0.05, 0) is 31.2 Å². The maximum atomic E-state index is 13.8. The van der Waals surface area contributed by atoms with E-state index in [9.17, 15) is 24.0 Å². The Hall–Kier alpha value is -5.19. The van der Waals surface area contributed by atoms with Gasteiger partial charge in [0.05, 0.1) is 0 Å². The molecule has 0 radical (unpaired) electrons. The Balaban J connectivity index is 1.43. The number of carbonyl (C=O) groups is 3. The van der Waals surface area contributed by atoms with E-state index in [4.69, 9.17) is 11.6 Å². The number of amides is 3. The SMILES string of the molecule is CC(=O)NCCNc1nc2n(CC(=O)Nc3ccc(Cl)cc3)c(C)c(N3CCN(C(=O)c4n[nH]c(=O)[nH]4)CC3)c(=O)n2n1. The first kappa shape index (κ1) is 29.3. The molecule has 1 aliphatic heterocycles. The third-order valence-corrected chi connectivity index (χ3v) is 7.02. The molecule has 0 saturated carbocycles. The van der Waals surface area contributed by atoms with Crippen LogP contribution in [0, 0.1) is 6.92 Å². The number of benzene rings is 1. The Morgan fingerprint density at radius 1 is 1.05 bits per heavy atom. The number of rotatable bonds is 9. The molecule has 0 aliphatic carbocycles. The predicted molar refractivity (Wildman–Crippen MR) is 157 cm³/mol. The summed E-state index contributed by atoms with van der Waals surface area (Å²) in [6.45, 7) is 4.69. The maximum Gasteiger partial charge on any atom is 0.341 e. The number of halogens is 1. The Morgan fingerprint density at radius 2 is 1.77 bits per heavy atom. The van der Waals surface area contributed by atoms with Crippen LogP contribution in [-0.4, -0.2) is 96.2 Å². The predicted octanol–water partition coefficient (Wildman–Crippen LogP) is -0.587. The van der Waals surface area contributed by atoms with Crippen LogP contribution in [0.5, 0.6) is 0 Å². The monoisotopic (exact) mass is 612 g/mol. The third-order valence-electron chi connectivity index (χ3n) is 6.77. The lowest BCUT2D eigenvalue weighted by Crippen LogP contribution is -2.51. The Bertz CT molecular complexity index is 1780. The van der Waals surface area contributed by atoms with Gasteiger partial charge >= 0.3 is 5.69 Å². The quantitative estimate of drug-likeness (QED) is 0.152. The van der Waals surface area contributed by atoms with Gasteiger partial charge in [-0.25, -0.2) is 9.89 Å². The van der Waals surface area contributed by atoms with E-state index in [1.54, 1.807) is 35.8 Å². The van der Waals surface area contributed by atoms with E-state index in [1.807, 2.05) is 4.90 Å². The number of nitrogens with one attached hydrogen (secondary N) is 5. The van der Waals surface area contributed by atoms with Crippen molar-refractivity contribution < 1.29 is 14.4 Å². The molecule has 1 fully saturated rings. The second-order valence-corrected chi connectivity index (χ2v) is 10.2. The van der Waals surface area contributed by atoms with Crippen LogP contribution in [0.4, 0.5) is 17.3 Å². The summed E-state index contributed by atoms with van der Waals surface area (Å²) >= 11 is 5.96. The van der Waals surface area contributed by atoms with Crippen LogP contribution >= 0.6 is 11.6 Å². The summed E-state index contributed by atoms with van der Waals surface area (Å²) in [7, 11) is 0. The highest BCUT2D eigenvalue weighted by Gasteiger charge is 2.29. The van der Waals surface area contributed by atoms with E-state index in [0.717, 1.165) is 4.52 Å². The van der Waals surface area contributed by atoms with Gasteiger partial charge < -0.3 is 30.3 Å². The third kappa shape index (κ3) is 6.50. The van der Waals surface area contributed by atoms with Crippen molar-refractivity contribution in [3.8, 4) is 0 Å². The van der Waals surface area contributed by atoms with Gasteiger partial charge in [-0.2, -0.15) is 9.50 Å². The van der Waals surface area contributed by atoms with Crippen molar-refractivity contribution in [3.63, 3.8) is 0 Å². The molecule has 5 N–H and O–H groups in total. The van der Waals surface area contributed by atoms with Gasteiger partial charge in [0.15, 0.2) is 0 Å². The highest BCUT2D eigenvalue weighted by atomic mass is 35.5. The van der Waals surface area contributed by atoms with E-state index in [0.29, 0.717) is 48.3 Å². The smallest absolute Gasteiger partial charge is 0.341 e. The Labute approximate surface area is 248 Å². The molecule has 17 nitrogen and oxygen atoms in total. The van der Waals surface area contributed by atoms with Crippen LogP contribution in [-0.2, 0) is 16.1 Å². The highest BCUT2D eigenvalue weighted by molar-refractivity contribution is 6.30. The summed E-state index contributed by atoms with van der Waals surface area (Å²) < 4.78 is 2.73. The van der Waals surface area contributed by atoms with Crippen molar-refractivity contribution in [2.75, 3.05) is 54.8 Å². The minimum Gasteiger partial charge on any atom is -0.362 e. The average Bonchev–Trinajstić information content (AvgIpc) is 3.61. The van der Waals surface area contributed by atoms with E-state index in [1.165, 1.54) is 11.8 Å². The lowest BCUT2D eigenvalue weighted by Gasteiger charge is -2.36. The molecule has 18 heteroatoms. The first-order valence-corrected chi connectivity index (χ1v) is 13.7. The zero-order valence-electron chi connectivity index (χ0n) is 23.3. The molecular weight excluding hydrogens is 584 g/mol. The molecule has 4 aromatic rings. The summed E-state index contributed by atoms with van der Waals surface area (Å²) in [5, 5.41) is 19.2. The Morgan fingerprint density at radius 3 is 2.42 bits per heavy atom. The van der Waals surface area contributed by atoms with Gasteiger partial charge in [-0.1, -0.05) is 11.6 Å². The van der Waals surface area contributed by atoms with Crippen LogP contribution in [0.1, 0.15) is 23.2 Å². The Kier molecular flexibility index (Phi) is 8.42. The summed E-state index contributed by atoms with van der Waals surface area (Å²) in [4.78, 5) is 72.3. The van der Waals surface area contributed by atoms with Crippen LogP contribution in [0.2, 0.25) is 5.02 Å². The molecule has 43 heavy (non-hydrogen) atoms. The lowest BCUT2D eigenvalue weighted by molar-refractivity contribution is -0.119. The minimum atomic E-state index is -0.580. The van der Waals surface area contributed by atoms with Gasteiger partial charge in [-0.3, -0.25) is 24.2 Å². The summed E-state index contributed by atoms with van der Waals surface area (Å²) in [5.74, 6) is -0.784. The lowest BCUT2D eigenvalue weighted by atomic mass is 10.2. The first-order valence-electron chi connectivity index (χ1n) is 13.3. The standard InChI is InChI=1S/C25H29ClN12O5/c1-14-19(35-9-11-36(12-10-35)22(42)20-30-24(43)33-32-20)21(41)38-25(31-23(34-38)28-8-7-27-15(2)39)37(14)13-18(40)29-17-5-3-16(26)4-6-17/h3-6H,7-13H2,1-2H3,(H,27,39)(H,28,34)(H,29,40)(H2,30,32,33,43). The maximum absolute atomic E-state index is 13.8. The van der Waals surface area contributed by atoms with E-state index >= 15 is 0 Å². The molecule has 1 aromatic carbocycles. The van der Waals surface area contributed by atoms with Gasteiger partial charge in [-0.15, -0.1) is 10.2 Å². The van der Waals surface area contributed by atoms with E-state index < -0.39 is 17.2 Å². The number of fused-ring (bicyclic) bond motifs is 1. The fourth-order valence-electron chi connectivity index (χ4n) is 4.72. The number of nitrogens with zero attached hydrogens (tertiary/aromatic N) is 7. The average molecular weight is 613 g/mol. The number of hydrogen-bond acceptors (Lipinski definition) is 10. The zero-order valence-corrected chi connectivity index (χ0v) is 24.1. The van der Waals surface area contributed by atoms with E-state index in [2.05, 4.69) is 41.2 Å². The van der Waals surface area contributed by atoms with Crippen LogP contribution < -0.4 is 32.1 Å². The topological polar surface area (TPSA) is 208 Å². The molecule has 0 spiro atoms. The van der Waals surface area contributed by atoms with Gasteiger partial charge in [0.2, 0.25) is 29.4 Å². The largest absolute Gasteiger partial charge is 0.362 e. The van der Waals surface area contributed by atoms with Gasteiger partial charge in [0.25, 0.3) is 11.5 Å². The number of aromatic amines is 2. The molecule has 1 aliphatic rings. The van der Waals surface area contributed by atoms with Crippen LogP contribution in [0.3, 0.4) is 0 Å². The fraction of sp³-hybridized carbons (Fsp3) is 0.360. The summed E-state index contributed by atoms with van der Waals surface area (Å²) in [6, 6.07) is 6.66. The molecule has 5 rings (SSSR count). The molecule has 4 heterocycles. The van der Waals surface area contributed by atoms with Crippen molar-refractivity contribution in [2.45, 2.75) is 20.4 Å². The normalized spacial score (nSPS) is 13.3. The van der Waals surface area contributed by atoms with Crippen LogP contribution in [0.15, 0.2) is 33.9 Å². The van der Waals surface area contributed by atoms with Gasteiger partial charge in [0.1, 0.15) is 12.2 Å². The highest BCUT2D eigenvalue weighted by Crippen LogP contribution is 2.21. The summed E-state index contributed by atoms with van der Waals surface area (Å²) in [6.07, 6.45) is 0. The molecule has 226 valence electrons. The zero-order chi connectivity index (χ0) is 30.7. The number of H-pyrrole nitrogens is 2. The molecule has 3 aromatic heterocycles. The molecular formula is C25H29ClN12O5. The van der Waals surface area contributed by atoms with Crippen molar-refractivity contribution in [3.05, 3.63) is 61.6 Å². The minimum absolute atomic E-state index is 0.0914. The second kappa shape index (κ2) is 12.4. The number of aromatic nitrogens is 7. The van der Waals surface area contributed by atoms with Crippen molar-refractivity contribution in [2.24, 2.45) is 0 Å². The second-order valence-electron chi connectivity index (χ2n) is 9.74. The van der Waals surface area contributed by atoms with Gasteiger partial charge in [0, 0.05) is 62.6 Å². The van der Waals surface area contributed by atoms with E-state index in [-0.39, 0.29) is 49.0 Å².